The molecule has 1 aromatic heterocycles. The smallest absolute Gasteiger partial charge is 0.339 e. The van der Waals surface area contributed by atoms with Gasteiger partial charge < -0.3 is 15.2 Å². The fourth-order valence-electron chi connectivity index (χ4n) is 3.70. The van der Waals surface area contributed by atoms with Crippen LogP contribution in [-0.2, 0) is 9.53 Å². The maximum Gasteiger partial charge on any atom is 0.339 e. The van der Waals surface area contributed by atoms with E-state index in [1.54, 1.807) is 42.5 Å². The van der Waals surface area contributed by atoms with Gasteiger partial charge in [-0.15, -0.1) is 10.2 Å². The van der Waals surface area contributed by atoms with E-state index >= 15 is 0 Å². The highest BCUT2D eigenvalue weighted by Crippen LogP contribution is 2.35. The minimum atomic E-state index is -0.536. The fraction of sp³-hybridized carbons (Fsp3) is 0.154. The summed E-state index contributed by atoms with van der Waals surface area (Å²) in [5, 5.41) is 22.5. The number of nitrogens with one attached hydrogen (secondary N) is 1. The molecule has 1 heterocycles. The lowest BCUT2D eigenvalue weighted by Gasteiger charge is -2.14. The maximum absolute atomic E-state index is 12.8. The molecule has 1 amide bonds. The largest absolute Gasteiger partial charge is 0.507 e. The Hall–Kier alpha value is -3.63. The average molecular weight is 567 g/mol. The van der Waals surface area contributed by atoms with Gasteiger partial charge in [0.05, 0.1) is 35.4 Å². The zero-order valence-electron chi connectivity index (χ0n) is 19.8. The van der Waals surface area contributed by atoms with Gasteiger partial charge in [-0.1, -0.05) is 57.5 Å². The number of hydrogen-bond acceptors (Lipinski definition) is 7. The molecule has 0 saturated heterocycles. The first-order valence-corrected chi connectivity index (χ1v) is 12.7. The first-order valence-electron chi connectivity index (χ1n) is 10.9. The molecule has 4 aromatic rings. The van der Waals surface area contributed by atoms with Crippen LogP contribution in [0, 0.1) is 13.8 Å². The van der Waals surface area contributed by atoms with Crippen LogP contribution in [0.3, 0.4) is 0 Å². The molecule has 0 unspecified atom stereocenters. The number of halogens is 1. The van der Waals surface area contributed by atoms with E-state index in [4.69, 9.17) is 4.74 Å². The number of esters is 1. The Kier molecular flexibility index (Phi) is 7.76. The van der Waals surface area contributed by atoms with Gasteiger partial charge in [0.1, 0.15) is 5.75 Å². The molecule has 0 spiro atoms. The predicted octanol–water partition coefficient (Wildman–Crippen LogP) is 5.54. The Morgan fingerprint density at radius 3 is 2.61 bits per heavy atom. The van der Waals surface area contributed by atoms with Crippen LogP contribution in [0.15, 0.2) is 70.3 Å². The lowest BCUT2D eigenvalue weighted by atomic mass is 10.1. The van der Waals surface area contributed by atoms with Gasteiger partial charge in [-0.3, -0.25) is 9.36 Å². The number of hydrogen-bond donors (Lipinski definition) is 2. The van der Waals surface area contributed by atoms with Gasteiger partial charge in [-0.05, 0) is 55.8 Å². The van der Waals surface area contributed by atoms with E-state index in [9.17, 15) is 14.7 Å². The molecule has 0 bridgehead atoms. The monoisotopic (exact) mass is 566 g/mol. The predicted molar refractivity (Wildman–Crippen MR) is 143 cm³/mol. The standard InChI is InChI=1S/C26H23BrN4O4S/c1-15-8-10-21(16(2)12-15)31-24(19-13-17(27)9-11-22(19)32)29-30-26(31)36-14-23(33)28-20-7-5-4-6-18(20)25(34)35-3/h4-13,32H,14H2,1-3H3,(H,28,33). The summed E-state index contributed by atoms with van der Waals surface area (Å²) in [6.07, 6.45) is 0. The van der Waals surface area contributed by atoms with Crippen molar-refractivity contribution in [3.05, 3.63) is 81.8 Å². The third-order valence-electron chi connectivity index (χ3n) is 5.36. The highest BCUT2D eigenvalue weighted by molar-refractivity contribution is 9.10. The Morgan fingerprint density at radius 1 is 1.08 bits per heavy atom. The number of para-hydroxylation sites is 1. The lowest BCUT2D eigenvalue weighted by Crippen LogP contribution is -2.17. The Bertz CT molecular complexity index is 1450. The number of phenolic OH excluding ortho intramolecular Hbond substituents is 1. The van der Waals surface area contributed by atoms with Crippen LogP contribution < -0.4 is 5.32 Å². The topological polar surface area (TPSA) is 106 Å². The van der Waals surface area contributed by atoms with E-state index < -0.39 is 5.97 Å². The zero-order valence-corrected chi connectivity index (χ0v) is 22.2. The van der Waals surface area contributed by atoms with Crippen molar-refractivity contribution in [3.63, 3.8) is 0 Å². The first-order chi connectivity index (χ1) is 17.3. The second kappa shape index (κ2) is 11.0. The molecule has 184 valence electrons. The van der Waals surface area contributed by atoms with Crippen molar-refractivity contribution in [1.29, 1.82) is 0 Å². The molecule has 2 N–H and O–H groups in total. The second-order valence-electron chi connectivity index (χ2n) is 7.97. The van der Waals surface area contributed by atoms with Gasteiger partial charge in [0.15, 0.2) is 11.0 Å². The summed E-state index contributed by atoms with van der Waals surface area (Å²) in [6, 6.07) is 17.7. The molecule has 0 fully saturated rings. The second-order valence-corrected chi connectivity index (χ2v) is 9.83. The summed E-state index contributed by atoms with van der Waals surface area (Å²) < 4.78 is 7.40. The quantitative estimate of drug-likeness (QED) is 0.223. The fourth-order valence-corrected chi connectivity index (χ4v) is 4.80. The normalized spacial score (nSPS) is 10.8. The molecule has 0 aliphatic heterocycles. The molecule has 0 saturated carbocycles. The summed E-state index contributed by atoms with van der Waals surface area (Å²) in [6.45, 7) is 3.99. The summed E-state index contributed by atoms with van der Waals surface area (Å²) in [4.78, 5) is 24.8. The minimum absolute atomic E-state index is 0.0169. The van der Waals surface area contributed by atoms with Crippen molar-refractivity contribution in [1.82, 2.24) is 14.8 Å². The number of nitrogens with zero attached hydrogens (tertiary/aromatic N) is 3. The first kappa shape index (κ1) is 25.5. The number of aryl methyl sites for hydroxylation is 2. The van der Waals surface area contributed by atoms with Crippen LogP contribution >= 0.6 is 27.7 Å². The highest BCUT2D eigenvalue weighted by Gasteiger charge is 2.21. The number of aromatic hydroxyl groups is 1. The summed E-state index contributed by atoms with van der Waals surface area (Å²) in [7, 11) is 1.29. The van der Waals surface area contributed by atoms with E-state index in [2.05, 4.69) is 31.4 Å². The van der Waals surface area contributed by atoms with Crippen LogP contribution in [0.1, 0.15) is 21.5 Å². The van der Waals surface area contributed by atoms with E-state index in [1.807, 2.05) is 36.6 Å². The van der Waals surface area contributed by atoms with Crippen molar-refractivity contribution in [2.24, 2.45) is 0 Å². The molecule has 0 aliphatic carbocycles. The van der Waals surface area contributed by atoms with Gasteiger partial charge in [0.2, 0.25) is 5.91 Å². The zero-order chi connectivity index (χ0) is 25.8. The van der Waals surface area contributed by atoms with Gasteiger partial charge in [-0.2, -0.15) is 0 Å². The molecule has 4 rings (SSSR count). The third kappa shape index (κ3) is 5.44. The van der Waals surface area contributed by atoms with Crippen LogP contribution in [0.5, 0.6) is 5.75 Å². The Labute approximate surface area is 220 Å². The van der Waals surface area contributed by atoms with Crippen molar-refractivity contribution in [2.45, 2.75) is 19.0 Å². The Balaban J connectivity index is 1.66. The lowest BCUT2D eigenvalue weighted by molar-refractivity contribution is -0.113. The van der Waals surface area contributed by atoms with Crippen molar-refractivity contribution in [3.8, 4) is 22.8 Å². The summed E-state index contributed by atoms with van der Waals surface area (Å²) >= 11 is 4.64. The number of carbonyl (C=O) groups excluding carboxylic acids is 2. The highest BCUT2D eigenvalue weighted by atomic mass is 79.9. The molecule has 0 aliphatic rings. The van der Waals surface area contributed by atoms with E-state index in [1.165, 1.54) is 18.9 Å². The SMILES string of the molecule is COC(=O)c1ccccc1NC(=O)CSc1nnc(-c2cc(Br)ccc2O)n1-c1ccc(C)cc1C. The molecule has 0 radical (unpaired) electrons. The van der Waals surface area contributed by atoms with Crippen LogP contribution in [0.4, 0.5) is 5.69 Å². The molecule has 8 nitrogen and oxygen atoms in total. The molecule has 36 heavy (non-hydrogen) atoms. The molecular formula is C26H23BrN4O4S. The van der Waals surface area contributed by atoms with Gasteiger partial charge >= 0.3 is 5.97 Å². The van der Waals surface area contributed by atoms with Crippen molar-refractivity contribution >= 4 is 45.3 Å². The van der Waals surface area contributed by atoms with Crippen molar-refractivity contribution < 1.29 is 19.4 Å². The number of aromatic nitrogens is 3. The van der Waals surface area contributed by atoms with Crippen LogP contribution in [0.25, 0.3) is 17.1 Å². The van der Waals surface area contributed by atoms with Crippen molar-refractivity contribution in [2.75, 3.05) is 18.2 Å². The molecular weight excluding hydrogens is 544 g/mol. The van der Waals surface area contributed by atoms with Gasteiger partial charge in [0, 0.05) is 4.47 Å². The number of rotatable bonds is 7. The molecule has 0 atom stereocenters. The number of benzene rings is 3. The number of phenols is 1. The molecule has 3 aromatic carbocycles. The number of thioether (sulfide) groups is 1. The average Bonchev–Trinajstić information content (AvgIpc) is 3.27. The number of anilines is 1. The van der Waals surface area contributed by atoms with E-state index in [0.717, 1.165) is 21.3 Å². The van der Waals surface area contributed by atoms with Crippen LogP contribution in [0.2, 0.25) is 0 Å². The van der Waals surface area contributed by atoms with E-state index in [-0.39, 0.29) is 23.0 Å². The number of methoxy groups -OCH3 is 1. The van der Waals surface area contributed by atoms with E-state index in [0.29, 0.717) is 22.2 Å². The number of ether oxygens (including phenoxy) is 1. The number of carbonyl (C=O) groups is 2. The van der Waals surface area contributed by atoms with Gasteiger partial charge in [-0.25, -0.2) is 4.79 Å². The third-order valence-corrected chi connectivity index (χ3v) is 6.79. The maximum atomic E-state index is 12.8. The summed E-state index contributed by atoms with van der Waals surface area (Å²) in [5.74, 6) is -0.335. The van der Waals surface area contributed by atoms with Gasteiger partial charge in [0.25, 0.3) is 0 Å². The Morgan fingerprint density at radius 2 is 1.86 bits per heavy atom. The summed E-state index contributed by atoms with van der Waals surface area (Å²) in [5.41, 5.74) is 4.06. The minimum Gasteiger partial charge on any atom is -0.507 e. The van der Waals surface area contributed by atoms with Crippen LogP contribution in [-0.4, -0.2) is 44.6 Å². The number of amides is 1. The molecule has 10 heteroatoms.